The fraction of sp³-hybridized carbons (Fsp3) is 0.188. The van der Waals surface area contributed by atoms with E-state index in [1.165, 1.54) is 29.5 Å². The van der Waals surface area contributed by atoms with Gasteiger partial charge in [-0.15, -0.1) is 0 Å². The number of aromatic nitrogens is 4. The molecule has 3 aromatic rings. The van der Waals surface area contributed by atoms with Gasteiger partial charge in [-0.25, -0.2) is 27.8 Å². The largest absolute Gasteiger partial charge is 0.486 e. The Hall–Kier alpha value is -2.98. The predicted molar refractivity (Wildman–Crippen MR) is 90.6 cm³/mol. The van der Waals surface area contributed by atoms with Gasteiger partial charge < -0.3 is 9.47 Å². The van der Waals surface area contributed by atoms with E-state index in [0.29, 0.717) is 36.1 Å². The highest BCUT2D eigenvalue weighted by atomic mass is 32.2. The summed E-state index contributed by atoms with van der Waals surface area (Å²) in [5.74, 6) is 1.47. The van der Waals surface area contributed by atoms with Gasteiger partial charge in [0, 0.05) is 24.4 Å². The van der Waals surface area contributed by atoms with Crippen LogP contribution in [-0.4, -0.2) is 41.4 Å². The fourth-order valence-electron chi connectivity index (χ4n) is 2.54. The quantitative estimate of drug-likeness (QED) is 0.708. The van der Waals surface area contributed by atoms with Gasteiger partial charge in [-0.2, -0.15) is 5.10 Å². The Morgan fingerprint density at radius 2 is 2.00 bits per heavy atom. The normalized spacial score (nSPS) is 13.5. The van der Waals surface area contributed by atoms with Crippen molar-refractivity contribution in [3.05, 3.63) is 54.7 Å². The lowest BCUT2D eigenvalue weighted by Gasteiger charge is -2.19. The highest BCUT2D eigenvalue weighted by molar-refractivity contribution is 7.89. The van der Waals surface area contributed by atoms with Crippen molar-refractivity contribution in [3.8, 4) is 17.3 Å². The van der Waals surface area contributed by atoms with Crippen molar-refractivity contribution in [2.45, 2.75) is 11.4 Å². The van der Waals surface area contributed by atoms with E-state index in [9.17, 15) is 8.42 Å². The number of sulfonamides is 1. The van der Waals surface area contributed by atoms with E-state index < -0.39 is 10.0 Å². The Balaban J connectivity index is 1.56. The lowest BCUT2D eigenvalue weighted by molar-refractivity contribution is 0.171. The molecule has 2 aromatic heterocycles. The molecule has 1 N–H and O–H groups in total. The van der Waals surface area contributed by atoms with Gasteiger partial charge in [0.15, 0.2) is 17.3 Å². The number of rotatable bonds is 5. The van der Waals surface area contributed by atoms with Gasteiger partial charge in [-0.05, 0) is 18.2 Å². The van der Waals surface area contributed by atoms with Crippen LogP contribution < -0.4 is 14.2 Å². The molecular weight excluding hydrogens is 358 g/mol. The summed E-state index contributed by atoms with van der Waals surface area (Å²) in [5.41, 5.74) is 0.666. The van der Waals surface area contributed by atoms with Crippen molar-refractivity contribution in [1.29, 1.82) is 0 Å². The maximum Gasteiger partial charge on any atom is 0.241 e. The van der Waals surface area contributed by atoms with Gasteiger partial charge in [0.2, 0.25) is 10.0 Å². The Bertz CT molecular complexity index is 1020. The highest BCUT2D eigenvalue weighted by Crippen LogP contribution is 2.32. The number of nitrogens with one attached hydrogen (secondary N) is 1. The third-order valence-corrected chi connectivity index (χ3v) is 5.18. The number of benzene rings is 1. The molecule has 134 valence electrons. The van der Waals surface area contributed by atoms with Crippen molar-refractivity contribution in [2.24, 2.45) is 0 Å². The van der Waals surface area contributed by atoms with Crippen molar-refractivity contribution in [1.82, 2.24) is 24.5 Å². The molecule has 0 amide bonds. The molecule has 0 spiro atoms. The van der Waals surface area contributed by atoms with Gasteiger partial charge in [0.25, 0.3) is 0 Å². The fourth-order valence-corrected chi connectivity index (χ4v) is 3.56. The minimum atomic E-state index is -3.74. The molecule has 0 unspecified atom stereocenters. The maximum atomic E-state index is 12.6. The van der Waals surface area contributed by atoms with E-state index in [4.69, 9.17) is 9.47 Å². The first-order valence-electron chi connectivity index (χ1n) is 7.82. The summed E-state index contributed by atoms with van der Waals surface area (Å²) < 4.78 is 40.2. The molecule has 3 heterocycles. The number of nitrogens with zero attached hydrogens (tertiary/aromatic N) is 4. The van der Waals surface area contributed by atoms with Crippen LogP contribution in [0.5, 0.6) is 11.5 Å². The van der Waals surface area contributed by atoms with Crippen molar-refractivity contribution >= 4 is 10.0 Å². The molecule has 1 aliphatic rings. The van der Waals surface area contributed by atoms with Crippen LogP contribution in [0.4, 0.5) is 0 Å². The molecule has 1 aromatic carbocycles. The number of hydrogen-bond donors (Lipinski definition) is 1. The molecule has 26 heavy (non-hydrogen) atoms. The second-order valence-corrected chi connectivity index (χ2v) is 7.22. The van der Waals surface area contributed by atoms with Gasteiger partial charge >= 0.3 is 0 Å². The van der Waals surface area contributed by atoms with E-state index in [0.717, 1.165) is 0 Å². The number of fused-ring (bicyclic) bond motifs is 1. The van der Waals surface area contributed by atoms with Gasteiger partial charge in [-0.1, -0.05) is 6.07 Å². The molecule has 4 rings (SSSR count). The van der Waals surface area contributed by atoms with Crippen LogP contribution in [0.25, 0.3) is 5.82 Å². The van der Waals surface area contributed by atoms with Crippen LogP contribution in [0.15, 0.2) is 54.1 Å². The predicted octanol–water partition coefficient (Wildman–Crippen LogP) is 0.912. The molecule has 0 saturated carbocycles. The SMILES string of the molecule is O=S(=O)(NCc1cccnc1-n1cncn1)c1ccc2c(c1)OCCO2. The summed E-state index contributed by atoms with van der Waals surface area (Å²) >= 11 is 0. The van der Waals surface area contributed by atoms with Crippen LogP contribution in [0.1, 0.15) is 5.56 Å². The second-order valence-electron chi connectivity index (χ2n) is 5.46. The Kier molecular flexibility index (Phi) is 4.27. The summed E-state index contributed by atoms with van der Waals surface area (Å²) in [6.45, 7) is 0.893. The molecule has 9 nitrogen and oxygen atoms in total. The van der Waals surface area contributed by atoms with Crippen molar-refractivity contribution < 1.29 is 17.9 Å². The zero-order valence-corrected chi connectivity index (χ0v) is 14.4. The Morgan fingerprint density at radius 1 is 1.15 bits per heavy atom. The molecule has 10 heteroatoms. The molecule has 0 aliphatic carbocycles. The lowest BCUT2D eigenvalue weighted by Crippen LogP contribution is -2.24. The average molecular weight is 373 g/mol. The summed E-state index contributed by atoms with van der Waals surface area (Å²) in [6.07, 6.45) is 4.49. The first-order valence-corrected chi connectivity index (χ1v) is 9.30. The molecular formula is C16H15N5O4S. The van der Waals surface area contributed by atoms with E-state index in [1.54, 1.807) is 24.4 Å². The average Bonchev–Trinajstić information content (AvgIpc) is 3.21. The van der Waals surface area contributed by atoms with Crippen LogP contribution in [0.2, 0.25) is 0 Å². The molecule has 1 aliphatic heterocycles. The molecule has 0 radical (unpaired) electrons. The van der Waals surface area contributed by atoms with Crippen LogP contribution in [0.3, 0.4) is 0 Å². The topological polar surface area (TPSA) is 108 Å². The van der Waals surface area contributed by atoms with Crippen LogP contribution in [-0.2, 0) is 16.6 Å². The number of hydrogen-bond acceptors (Lipinski definition) is 7. The third kappa shape index (κ3) is 3.24. The summed E-state index contributed by atoms with van der Waals surface area (Å²) in [4.78, 5) is 8.23. The first kappa shape index (κ1) is 16.5. The number of pyridine rings is 1. The summed E-state index contributed by atoms with van der Waals surface area (Å²) in [5, 5.41) is 4.03. The van der Waals surface area contributed by atoms with Gasteiger partial charge in [-0.3, -0.25) is 0 Å². The molecule has 0 fully saturated rings. The zero-order chi connectivity index (χ0) is 18.0. The van der Waals surface area contributed by atoms with E-state index in [1.807, 2.05) is 0 Å². The summed E-state index contributed by atoms with van der Waals surface area (Å²) in [6, 6.07) is 8.04. The third-order valence-electron chi connectivity index (χ3n) is 3.78. The van der Waals surface area contributed by atoms with Crippen molar-refractivity contribution in [2.75, 3.05) is 13.2 Å². The standard InChI is InChI=1S/C16H15N5O4S/c22-26(23,13-3-4-14-15(8-13)25-7-6-24-14)20-9-12-2-1-5-18-16(12)21-11-17-10-19-21/h1-5,8,10-11,20H,6-7,9H2. The number of ether oxygens (including phenoxy) is 2. The lowest BCUT2D eigenvalue weighted by atomic mass is 10.2. The smallest absolute Gasteiger partial charge is 0.241 e. The van der Waals surface area contributed by atoms with Crippen LogP contribution >= 0.6 is 0 Å². The Morgan fingerprint density at radius 3 is 2.81 bits per heavy atom. The second kappa shape index (κ2) is 6.73. The molecule has 0 bridgehead atoms. The minimum absolute atomic E-state index is 0.0554. The highest BCUT2D eigenvalue weighted by Gasteiger charge is 2.20. The minimum Gasteiger partial charge on any atom is -0.486 e. The van der Waals surface area contributed by atoms with E-state index >= 15 is 0 Å². The molecule has 0 saturated heterocycles. The van der Waals surface area contributed by atoms with Crippen LogP contribution in [0, 0.1) is 0 Å². The molecule has 0 atom stereocenters. The zero-order valence-electron chi connectivity index (χ0n) is 13.6. The van der Waals surface area contributed by atoms with E-state index in [2.05, 4.69) is 19.8 Å². The Labute approximate surface area is 149 Å². The van der Waals surface area contributed by atoms with Gasteiger partial charge in [0.05, 0.1) is 4.90 Å². The van der Waals surface area contributed by atoms with Crippen molar-refractivity contribution in [3.63, 3.8) is 0 Å². The summed E-state index contributed by atoms with van der Waals surface area (Å²) in [7, 11) is -3.74. The first-order chi connectivity index (χ1) is 12.6. The van der Waals surface area contributed by atoms with E-state index in [-0.39, 0.29) is 11.4 Å². The van der Waals surface area contributed by atoms with Gasteiger partial charge in [0.1, 0.15) is 25.9 Å². The maximum absolute atomic E-state index is 12.6. The monoisotopic (exact) mass is 373 g/mol.